The normalized spacial score (nSPS) is 19.2. The fourth-order valence-corrected chi connectivity index (χ4v) is 4.47. The van der Waals surface area contributed by atoms with Gasteiger partial charge in [0.05, 0.1) is 0 Å². The minimum absolute atomic E-state index is 0.525. The fourth-order valence-electron chi connectivity index (χ4n) is 3.24. The third-order valence-electron chi connectivity index (χ3n) is 4.30. The van der Waals surface area contributed by atoms with Crippen molar-refractivity contribution in [3.05, 3.63) is 56.2 Å². The second-order valence-electron chi connectivity index (χ2n) is 5.88. The van der Waals surface area contributed by atoms with Crippen molar-refractivity contribution >= 4 is 27.3 Å². The van der Waals surface area contributed by atoms with Crippen molar-refractivity contribution in [2.45, 2.75) is 51.1 Å². The summed E-state index contributed by atoms with van der Waals surface area (Å²) >= 11 is 5.46. The summed E-state index contributed by atoms with van der Waals surface area (Å²) in [6.45, 7) is 2.27. The highest BCUT2D eigenvalue weighted by Gasteiger charge is 2.22. The molecule has 1 aliphatic carbocycles. The van der Waals surface area contributed by atoms with Crippen LogP contribution in [0.4, 0.5) is 0 Å². The highest BCUT2D eigenvalue weighted by atomic mass is 79.9. The SMILES string of the molecule is CCCC(NC1CCc2cc(Br)ccc2C1)c1cccs1. The summed E-state index contributed by atoms with van der Waals surface area (Å²) in [4.78, 5) is 1.48. The summed E-state index contributed by atoms with van der Waals surface area (Å²) < 4.78 is 1.20. The second kappa shape index (κ2) is 7.08. The molecule has 0 aliphatic heterocycles. The summed E-state index contributed by atoms with van der Waals surface area (Å²) in [5, 5.41) is 6.10. The van der Waals surface area contributed by atoms with E-state index in [1.165, 1.54) is 46.2 Å². The molecule has 3 heteroatoms. The minimum Gasteiger partial charge on any atom is -0.306 e. The molecule has 2 unspecified atom stereocenters. The Kier molecular flexibility index (Phi) is 5.15. The van der Waals surface area contributed by atoms with Crippen LogP contribution in [0.5, 0.6) is 0 Å². The molecule has 1 N–H and O–H groups in total. The van der Waals surface area contributed by atoms with Gasteiger partial charge in [-0.25, -0.2) is 0 Å². The van der Waals surface area contributed by atoms with Crippen molar-refractivity contribution in [2.75, 3.05) is 0 Å². The van der Waals surface area contributed by atoms with Crippen LogP contribution in [0.1, 0.15) is 48.2 Å². The summed E-state index contributed by atoms with van der Waals surface area (Å²) in [5.41, 5.74) is 3.04. The first-order chi connectivity index (χ1) is 10.3. The highest BCUT2D eigenvalue weighted by Crippen LogP contribution is 2.28. The van der Waals surface area contributed by atoms with Gasteiger partial charge in [-0.2, -0.15) is 0 Å². The first-order valence-corrected chi connectivity index (χ1v) is 9.50. The number of hydrogen-bond donors (Lipinski definition) is 1. The molecule has 1 aromatic heterocycles. The molecule has 0 fully saturated rings. The molecule has 0 spiro atoms. The zero-order valence-electron chi connectivity index (χ0n) is 12.4. The number of rotatable bonds is 5. The topological polar surface area (TPSA) is 12.0 Å². The summed E-state index contributed by atoms with van der Waals surface area (Å²) in [5.74, 6) is 0. The molecule has 0 saturated heterocycles. The molecule has 1 heterocycles. The summed E-state index contributed by atoms with van der Waals surface area (Å²) in [6, 6.07) is 12.3. The Morgan fingerprint density at radius 1 is 1.33 bits per heavy atom. The molecule has 21 heavy (non-hydrogen) atoms. The molecule has 112 valence electrons. The zero-order valence-corrected chi connectivity index (χ0v) is 14.8. The van der Waals surface area contributed by atoms with Gasteiger partial charge in [0.25, 0.3) is 0 Å². The van der Waals surface area contributed by atoms with Gasteiger partial charge < -0.3 is 5.32 Å². The molecular formula is C18H22BrNS. The largest absolute Gasteiger partial charge is 0.306 e. The van der Waals surface area contributed by atoms with E-state index in [2.05, 4.69) is 63.9 Å². The average Bonchev–Trinajstić information content (AvgIpc) is 3.01. The molecule has 2 aromatic rings. The van der Waals surface area contributed by atoms with Crippen LogP contribution in [0.3, 0.4) is 0 Å². The van der Waals surface area contributed by atoms with Crippen LogP contribution in [-0.4, -0.2) is 6.04 Å². The lowest BCUT2D eigenvalue weighted by Gasteiger charge is -2.29. The Morgan fingerprint density at radius 3 is 3.00 bits per heavy atom. The standard InChI is InChI=1S/C18H22BrNS/c1-2-4-17(18-5-3-10-21-18)20-16-9-7-13-11-15(19)8-6-14(13)12-16/h3,5-6,8,10-11,16-17,20H,2,4,7,9,12H2,1H3. The molecular weight excluding hydrogens is 342 g/mol. The van der Waals surface area contributed by atoms with Crippen LogP contribution in [0, 0.1) is 0 Å². The minimum atomic E-state index is 0.525. The van der Waals surface area contributed by atoms with E-state index in [4.69, 9.17) is 0 Å². The maximum Gasteiger partial charge on any atom is 0.0416 e. The van der Waals surface area contributed by atoms with Crippen molar-refractivity contribution < 1.29 is 0 Å². The van der Waals surface area contributed by atoms with E-state index in [0.29, 0.717) is 12.1 Å². The van der Waals surface area contributed by atoms with Crippen LogP contribution in [0.15, 0.2) is 40.2 Å². The van der Waals surface area contributed by atoms with Crippen LogP contribution >= 0.6 is 27.3 Å². The molecule has 0 radical (unpaired) electrons. The lowest BCUT2D eigenvalue weighted by molar-refractivity contribution is 0.386. The van der Waals surface area contributed by atoms with Gasteiger partial charge in [0.15, 0.2) is 0 Å². The molecule has 0 saturated carbocycles. The van der Waals surface area contributed by atoms with Crippen molar-refractivity contribution in [1.29, 1.82) is 0 Å². The first-order valence-electron chi connectivity index (χ1n) is 7.83. The predicted molar refractivity (Wildman–Crippen MR) is 95.1 cm³/mol. The van der Waals surface area contributed by atoms with E-state index in [1.807, 2.05) is 11.3 Å². The molecule has 1 nitrogen and oxygen atoms in total. The van der Waals surface area contributed by atoms with E-state index < -0.39 is 0 Å². The second-order valence-corrected chi connectivity index (χ2v) is 7.77. The lowest BCUT2D eigenvalue weighted by Crippen LogP contribution is -2.37. The number of fused-ring (bicyclic) bond motifs is 1. The van der Waals surface area contributed by atoms with Gasteiger partial charge in [-0.1, -0.05) is 41.4 Å². The van der Waals surface area contributed by atoms with E-state index in [9.17, 15) is 0 Å². The number of aryl methyl sites for hydroxylation is 1. The van der Waals surface area contributed by atoms with E-state index >= 15 is 0 Å². The zero-order chi connectivity index (χ0) is 14.7. The van der Waals surface area contributed by atoms with Gasteiger partial charge in [-0.15, -0.1) is 11.3 Å². The third-order valence-corrected chi connectivity index (χ3v) is 5.78. The molecule has 2 atom stereocenters. The van der Waals surface area contributed by atoms with E-state index in [-0.39, 0.29) is 0 Å². The smallest absolute Gasteiger partial charge is 0.0416 e. The molecule has 1 aliphatic rings. The Labute approximate surface area is 139 Å². The van der Waals surface area contributed by atoms with Crippen LogP contribution in [-0.2, 0) is 12.8 Å². The average molecular weight is 364 g/mol. The monoisotopic (exact) mass is 363 g/mol. The van der Waals surface area contributed by atoms with E-state index in [1.54, 1.807) is 0 Å². The van der Waals surface area contributed by atoms with Crippen molar-refractivity contribution in [3.63, 3.8) is 0 Å². The van der Waals surface area contributed by atoms with Gasteiger partial charge in [0.2, 0.25) is 0 Å². The summed E-state index contributed by atoms with van der Waals surface area (Å²) in [6.07, 6.45) is 6.05. The van der Waals surface area contributed by atoms with Gasteiger partial charge in [-0.05, 0) is 60.4 Å². The van der Waals surface area contributed by atoms with E-state index in [0.717, 1.165) is 6.42 Å². The van der Waals surface area contributed by atoms with Crippen LogP contribution in [0.2, 0.25) is 0 Å². The lowest BCUT2D eigenvalue weighted by atomic mass is 9.88. The maximum absolute atomic E-state index is 3.91. The molecule has 0 bridgehead atoms. The van der Waals surface area contributed by atoms with Crippen LogP contribution < -0.4 is 5.32 Å². The fraction of sp³-hybridized carbons (Fsp3) is 0.444. The summed E-state index contributed by atoms with van der Waals surface area (Å²) in [7, 11) is 0. The first kappa shape index (κ1) is 15.3. The van der Waals surface area contributed by atoms with Gasteiger partial charge in [0, 0.05) is 21.4 Å². The van der Waals surface area contributed by atoms with Gasteiger partial charge >= 0.3 is 0 Å². The number of halogens is 1. The number of benzene rings is 1. The Morgan fingerprint density at radius 2 is 2.24 bits per heavy atom. The maximum atomic E-state index is 3.91. The molecule has 0 amide bonds. The Bertz CT molecular complexity index is 579. The van der Waals surface area contributed by atoms with Crippen molar-refractivity contribution in [1.82, 2.24) is 5.32 Å². The highest BCUT2D eigenvalue weighted by molar-refractivity contribution is 9.10. The van der Waals surface area contributed by atoms with Gasteiger partial charge in [0.1, 0.15) is 0 Å². The van der Waals surface area contributed by atoms with Crippen molar-refractivity contribution in [2.24, 2.45) is 0 Å². The van der Waals surface area contributed by atoms with Crippen LogP contribution in [0.25, 0.3) is 0 Å². The van der Waals surface area contributed by atoms with Crippen molar-refractivity contribution in [3.8, 4) is 0 Å². The number of hydrogen-bond acceptors (Lipinski definition) is 2. The Hall–Kier alpha value is -0.640. The number of nitrogens with one attached hydrogen (secondary N) is 1. The Balaban J connectivity index is 1.69. The van der Waals surface area contributed by atoms with Gasteiger partial charge in [-0.3, -0.25) is 0 Å². The third kappa shape index (κ3) is 3.77. The molecule has 3 rings (SSSR count). The quantitative estimate of drug-likeness (QED) is 0.739. The predicted octanol–water partition coefficient (Wildman–Crippen LogP) is 5.50. The molecule has 1 aromatic carbocycles. The number of thiophene rings is 1.